The lowest BCUT2D eigenvalue weighted by atomic mass is 9.44. The van der Waals surface area contributed by atoms with E-state index in [1.165, 1.54) is 19.9 Å². The molecule has 0 spiro atoms. The first-order valence-electron chi connectivity index (χ1n) is 10.5. The summed E-state index contributed by atoms with van der Waals surface area (Å²) in [5.74, 6) is -3.19. The Morgan fingerprint density at radius 3 is 2.59 bits per heavy atom. The number of allylic oxidation sites excluding steroid dienone is 4. The van der Waals surface area contributed by atoms with Crippen LogP contribution in [0.4, 0.5) is 8.78 Å². The monoisotopic (exact) mass is 476 g/mol. The lowest BCUT2D eigenvalue weighted by Crippen LogP contribution is -2.70. The molecule has 8 atom stereocenters. The molecular formula is C21H27F2O8P. The number of hydrogen-bond acceptors (Lipinski definition) is 6. The fourth-order valence-electron chi connectivity index (χ4n) is 6.93. The van der Waals surface area contributed by atoms with E-state index in [1.807, 2.05) is 0 Å². The molecule has 32 heavy (non-hydrogen) atoms. The molecule has 0 aromatic rings. The number of fused-ring (bicyclic) bond motifs is 5. The van der Waals surface area contributed by atoms with Gasteiger partial charge in [0.15, 0.2) is 17.2 Å². The molecular weight excluding hydrogens is 449 g/mol. The maximum absolute atomic E-state index is 16.9. The van der Waals surface area contributed by atoms with Crippen molar-refractivity contribution in [3.05, 3.63) is 23.8 Å². The molecule has 3 fully saturated rings. The first-order valence-corrected chi connectivity index (χ1v) is 12.1. The molecule has 11 heteroatoms. The number of halogens is 2. The van der Waals surface area contributed by atoms with Gasteiger partial charge in [-0.1, -0.05) is 13.0 Å². The Morgan fingerprint density at radius 1 is 1.31 bits per heavy atom. The van der Waals surface area contributed by atoms with Gasteiger partial charge in [0, 0.05) is 16.7 Å². The summed E-state index contributed by atoms with van der Waals surface area (Å²) in [4.78, 5) is 42.4. The summed E-state index contributed by atoms with van der Waals surface area (Å²) in [6.45, 7) is 1.92. The molecule has 0 heterocycles. The van der Waals surface area contributed by atoms with Crippen LogP contribution in [-0.2, 0) is 18.7 Å². The second kappa shape index (κ2) is 7.10. The smallest absolute Gasteiger partial charge is 0.390 e. The quantitative estimate of drug-likeness (QED) is 0.450. The van der Waals surface area contributed by atoms with Gasteiger partial charge in [-0.25, -0.2) is 13.3 Å². The number of phosphoric ester groups is 1. The molecule has 0 radical (unpaired) electrons. The number of hydrogen-bond donors (Lipinski definition) is 4. The van der Waals surface area contributed by atoms with Crippen molar-refractivity contribution in [2.75, 3.05) is 6.61 Å². The lowest BCUT2D eigenvalue weighted by molar-refractivity contribution is -0.221. The fourth-order valence-corrected chi connectivity index (χ4v) is 7.21. The molecule has 178 valence electrons. The Labute approximate surface area is 183 Å². The zero-order valence-corrected chi connectivity index (χ0v) is 18.6. The van der Waals surface area contributed by atoms with Crippen LogP contribution in [0.1, 0.15) is 39.5 Å². The lowest BCUT2D eigenvalue weighted by Gasteiger charge is -2.63. The van der Waals surface area contributed by atoms with Gasteiger partial charge in [0.05, 0.1) is 6.10 Å². The molecule has 4 rings (SSSR count). The predicted molar refractivity (Wildman–Crippen MR) is 107 cm³/mol. The molecule has 8 nitrogen and oxygen atoms in total. The number of Topliss-reactive ketones (excluding diaryl/α,β-unsaturated/α-hetero) is 1. The Morgan fingerprint density at radius 2 is 1.97 bits per heavy atom. The third-order valence-corrected chi connectivity index (χ3v) is 9.07. The number of phosphoric acid groups is 1. The third kappa shape index (κ3) is 3.00. The maximum atomic E-state index is 16.9. The topological polar surface area (TPSA) is 141 Å². The molecule has 4 aliphatic rings. The van der Waals surface area contributed by atoms with Crippen molar-refractivity contribution >= 4 is 19.4 Å². The number of aliphatic hydroxyl groups is 2. The van der Waals surface area contributed by atoms with E-state index in [1.54, 1.807) is 0 Å². The summed E-state index contributed by atoms with van der Waals surface area (Å²) in [6.07, 6.45) is -0.416. The number of carbonyl (C=O) groups excluding carboxylic acids is 2. The van der Waals surface area contributed by atoms with Gasteiger partial charge in [-0.05, 0) is 56.3 Å². The van der Waals surface area contributed by atoms with E-state index in [0.717, 1.165) is 12.2 Å². The summed E-state index contributed by atoms with van der Waals surface area (Å²) >= 11 is 0. The minimum absolute atomic E-state index is 0.0224. The summed E-state index contributed by atoms with van der Waals surface area (Å²) in [6, 6.07) is 0. The molecule has 4 aliphatic carbocycles. The van der Waals surface area contributed by atoms with Crippen LogP contribution < -0.4 is 0 Å². The van der Waals surface area contributed by atoms with Crippen LogP contribution in [0.25, 0.3) is 0 Å². The van der Waals surface area contributed by atoms with E-state index in [0.29, 0.717) is 0 Å². The number of rotatable bonds is 4. The van der Waals surface area contributed by atoms with Crippen LogP contribution in [-0.4, -0.2) is 61.7 Å². The summed E-state index contributed by atoms with van der Waals surface area (Å²) in [5, 5.41) is 22.4. The summed E-state index contributed by atoms with van der Waals surface area (Å²) in [5.41, 5.74) is -7.42. The van der Waals surface area contributed by atoms with E-state index in [2.05, 4.69) is 4.52 Å². The van der Waals surface area contributed by atoms with Crippen molar-refractivity contribution in [2.24, 2.45) is 22.7 Å². The minimum Gasteiger partial charge on any atom is -0.390 e. The number of alkyl halides is 2. The predicted octanol–water partition coefficient (Wildman–Crippen LogP) is 1.71. The Hall–Kier alpha value is -1.29. The number of carbonyl (C=O) groups is 2. The highest BCUT2D eigenvalue weighted by Crippen LogP contribution is 2.70. The molecule has 4 N–H and O–H groups in total. The van der Waals surface area contributed by atoms with Gasteiger partial charge in [0.1, 0.15) is 18.4 Å². The van der Waals surface area contributed by atoms with Gasteiger partial charge >= 0.3 is 7.82 Å². The molecule has 0 aromatic carbocycles. The number of ketones is 2. The van der Waals surface area contributed by atoms with Crippen LogP contribution >= 0.6 is 7.82 Å². The molecule has 0 aliphatic heterocycles. The minimum atomic E-state index is -4.97. The normalized spacial score (nSPS) is 48.0. The van der Waals surface area contributed by atoms with Crippen LogP contribution in [0.3, 0.4) is 0 Å². The largest absolute Gasteiger partial charge is 0.470 e. The van der Waals surface area contributed by atoms with Crippen molar-refractivity contribution in [1.29, 1.82) is 0 Å². The Kier molecular flexibility index (Phi) is 5.30. The van der Waals surface area contributed by atoms with E-state index in [4.69, 9.17) is 9.79 Å². The molecule has 0 bridgehead atoms. The number of aliphatic hydroxyl groups excluding tert-OH is 1. The first-order chi connectivity index (χ1) is 14.6. The second-order valence-corrected chi connectivity index (χ2v) is 11.2. The average Bonchev–Trinajstić information content (AvgIpc) is 2.95. The summed E-state index contributed by atoms with van der Waals surface area (Å²) < 4.78 is 47.4. The molecule has 3 saturated carbocycles. The molecule has 0 amide bonds. The summed E-state index contributed by atoms with van der Waals surface area (Å²) in [7, 11) is -4.97. The molecule has 0 saturated heterocycles. The maximum Gasteiger partial charge on any atom is 0.470 e. The average molecular weight is 476 g/mol. The van der Waals surface area contributed by atoms with Gasteiger partial charge in [0.2, 0.25) is 0 Å². The zero-order valence-electron chi connectivity index (χ0n) is 17.7. The van der Waals surface area contributed by atoms with Gasteiger partial charge in [-0.15, -0.1) is 0 Å². The van der Waals surface area contributed by atoms with E-state index < -0.39 is 72.2 Å². The van der Waals surface area contributed by atoms with E-state index in [9.17, 15) is 24.4 Å². The molecule has 6 unspecified atom stereocenters. The SMILES string of the molecule is CC12CC(O)[C@@]3(F)C(C[C@H](F)C4=CC(=O)C=CC43C)C1CCC2(O)C(=O)COP(=O)(O)O. The molecule has 0 aromatic heterocycles. The van der Waals surface area contributed by atoms with Crippen LogP contribution in [0.5, 0.6) is 0 Å². The second-order valence-electron chi connectivity index (χ2n) is 9.95. The fraction of sp³-hybridized carbons (Fsp3) is 0.714. The van der Waals surface area contributed by atoms with E-state index in [-0.39, 0.29) is 31.3 Å². The highest BCUT2D eigenvalue weighted by Gasteiger charge is 2.75. The third-order valence-electron chi connectivity index (χ3n) is 8.61. The van der Waals surface area contributed by atoms with Crippen LogP contribution in [0.2, 0.25) is 0 Å². The van der Waals surface area contributed by atoms with Gasteiger partial charge in [0.25, 0.3) is 0 Å². The zero-order chi connectivity index (χ0) is 23.9. The highest BCUT2D eigenvalue weighted by molar-refractivity contribution is 7.46. The Bertz CT molecular complexity index is 977. The van der Waals surface area contributed by atoms with Crippen LogP contribution in [0, 0.1) is 22.7 Å². The van der Waals surface area contributed by atoms with Gasteiger partial charge in [-0.3, -0.25) is 14.1 Å². The van der Waals surface area contributed by atoms with Crippen molar-refractivity contribution in [3.8, 4) is 0 Å². The highest BCUT2D eigenvalue weighted by atomic mass is 31.2. The van der Waals surface area contributed by atoms with E-state index >= 15 is 8.78 Å². The standard InChI is InChI=1S/C21H27F2O8P/c1-18-5-3-11(24)7-14(18)15(22)8-13-12-4-6-20(27,17(26)10-31-32(28,29)30)19(12,2)9-16(25)21(13,18)23/h3,5,7,12-13,15-16,25,27H,4,6,8-10H2,1-2H3,(H2,28,29,30)/t12?,13?,15-,16?,18?,19?,20?,21-/m0/s1. The van der Waals surface area contributed by atoms with Crippen molar-refractivity contribution in [3.63, 3.8) is 0 Å². The van der Waals surface area contributed by atoms with Crippen LogP contribution in [0.15, 0.2) is 23.8 Å². The first kappa shape index (κ1) is 23.9. The Balaban J connectivity index is 1.73. The van der Waals surface area contributed by atoms with Gasteiger partial charge < -0.3 is 20.0 Å². The van der Waals surface area contributed by atoms with Crippen molar-refractivity contribution < 1.29 is 47.5 Å². The van der Waals surface area contributed by atoms with Crippen molar-refractivity contribution in [1.82, 2.24) is 0 Å². The van der Waals surface area contributed by atoms with Crippen molar-refractivity contribution in [2.45, 2.75) is 63.1 Å². The van der Waals surface area contributed by atoms with Gasteiger partial charge in [-0.2, -0.15) is 0 Å².